The quantitative estimate of drug-likeness (QED) is 0.699. The highest BCUT2D eigenvalue weighted by atomic mass is 16.5. The summed E-state index contributed by atoms with van der Waals surface area (Å²) in [6.07, 6.45) is 7.05. The Bertz CT molecular complexity index is 760. The molecule has 2 heteroatoms. The van der Waals surface area contributed by atoms with Gasteiger partial charge >= 0.3 is 0 Å². The molecule has 0 saturated heterocycles. The maximum Gasteiger partial charge on any atom is 0.118 e. The van der Waals surface area contributed by atoms with E-state index in [0.717, 1.165) is 17.7 Å². The first kappa shape index (κ1) is 13.4. The van der Waals surface area contributed by atoms with E-state index in [-0.39, 0.29) is 0 Å². The molecule has 1 heterocycles. The predicted molar refractivity (Wildman–Crippen MR) is 87.5 cm³/mol. The largest absolute Gasteiger partial charge is 0.497 e. The van der Waals surface area contributed by atoms with Gasteiger partial charge in [0.2, 0.25) is 0 Å². The average molecular weight is 275 g/mol. The van der Waals surface area contributed by atoms with Crippen molar-refractivity contribution in [2.45, 2.75) is 6.42 Å². The van der Waals surface area contributed by atoms with Gasteiger partial charge in [0.25, 0.3) is 0 Å². The highest BCUT2D eigenvalue weighted by molar-refractivity contribution is 5.79. The van der Waals surface area contributed by atoms with E-state index in [4.69, 9.17) is 4.74 Å². The summed E-state index contributed by atoms with van der Waals surface area (Å²) < 4.78 is 5.15. The third-order valence-electron chi connectivity index (χ3n) is 3.45. The second-order valence-electron chi connectivity index (χ2n) is 4.91. The van der Waals surface area contributed by atoms with Gasteiger partial charge in [0.15, 0.2) is 0 Å². The number of ether oxygens (including phenoxy) is 1. The minimum absolute atomic E-state index is 0.883. The van der Waals surface area contributed by atoms with Crippen molar-refractivity contribution in [3.63, 3.8) is 0 Å². The topological polar surface area (TPSA) is 22.1 Å². The predicted octanol–water partition coefficient (Wildman–Crippen LogP) is 4.50. The van der Waals surface area contributed by atoms with Crippen LogP contribution >= 0.6 is 0 Å². The molecule has 0 radical (unpaired) electrons. The maximum absolute atomic E-state index is 5.15. The molecule has 21 heavy (non-hydrogen) atoms. The van der Waals surface area contributed by atoms with E-state index in [9.17, 15) is 0 Å². The summed E-state index contributed by atoms with van der Waals surface area (Å²) in [6, 6.07) is 18.5. The zero-order valence-corrected chi connectivity index (χ0v) is 12.0. The van der Waals surface area contributed by atoms with Crippen molar-refractivity contribution in [3.05, 3.63) is 78.0 Å². The van der Waals surface area contributed by atoms with E-state index in [1.807, 2.05) is 24.4 Å². The van der Waals surface area contributed by atoms with E-state index in [2.05, 4.69) is 53.5 Å². The summed E-state index contributed by atoms with van der Waals surface area (Å²) in [4.78, 5) is 4.34. The molecule has 0 aliphatic rings. The molecule has 0 unspecified atom stereocenters. The van der Waals surface area contributed by atoms with Crippen LogP contribution in [-0.2, 0) is 6.42 Å². The van der Waals surface area contributed by atoms with Gasteiger partial charge in [0.05, 0.1) is 12.6 Å². The molecule has 0 bridgehead atoms. The van der Waals surface area contributed by atoms with Crippen LogP contribution in [0, 0.1) is 0 Å². The molecule has 3 rings (SSSR count). The van der Waals surface area contributed by atoms with E-state index in [1.165, 1.54) is 16.5 Å². The van der Waals surface area contributed by atoms with Crippen molar-refractivity contribution >= 4 is 17.0 Å². The van der Waals surface area contributed by atoms with Crippen molar-refractivity contribution in [3.8, 4) is 5.75 Å². The maximum atomic E-state index is 5.15. The number of fused-ring (bicyclic) bond motifs is 1. The van der Waals surface area contributed by atoms with Crippen LogP contribution in [0.5, 0.6) is 5.75 Å². The van der Waals surface area contributed by atoms with Crippen LogP contribution < -0.4 is 4.74 Å². The molecule has 0 aliphatic carbocycles. The van der Waals surface area contributed by atoms with Crippen molar-refractivity contribution in [2.75, 3.05) is 7.11 Å². The summed E-state index contributed by atoms with van der Waals surface area (Å²) in [5, 5.41) is 1.19. The number of benzene rings is 2. The number of pyridine rings is 1. The number of methoxy groups -OCH3 is 1. The number of aromatic nitrogens is 1. The lowest BCUT2D eigenvalue weighted by Gasteiger charge is -2.01. The molecular weight excluding hydrogens is 258 g/mol. The minimum atomic E-state index is 0.883. The van der Waals surface area contributed by atoms with Crippen molar-refractivity contribution in [2.24, 2.45) is 0 Å². The van der Waals surface area contributed by atoms with Crippen molar-refractivity contribution in [1.29, 1.82) is 0 Å². The third kappa shape index (κ3) is 3.29. The fraction of sp³-hybridized carbons (Fsp3) is 0.105. The number of allylic oxidation sites excluding steroid dienone is 1. The Labute approximate surface area is 124 Å². The lowest BCUT2D eigenvalue weighted by molar-refractivity contribution is 0.415. The normalized spacial score (nSPS) is 11.1. The molecule has 104 valence electrons. The van der Waals surface area contributed by atoms with Crippen molar-refractivity contribution in [1.82, 2.24) is 4.98 Å². The number of nitrogens with zero attached hydrogens (tertiary/aromatic N) is 1. The van der Waals surface area contributed by atoms with Crippen LogP contribution in [0.3, 0.4) is 0 Å². The highest BCUT2D eigenvalue weighted by Crippen LogP contribution is 2.15. The Hall–Kier alpha value is -2.61. The van der Waals surface area contributed by atoms with Crippen molar-refractivity contribution < 1.29 is 4.74 Å². The zero-order chi connectivity index (χ0) is 14.5. The van der Waals surface area contributed by atoms with E-state index < -0.39 is 0 Å². The van der Waals surface area contributed by atoms with Gasteiger partial charge in [-0.25, -0.2) is 0 Å². The van der Waals surface area contributed by atoms with Gasteiger partial charge in [-0.1, -0.05) is 36.4 Å². The van der Waals surface area contributed by atoms with Gasteiger partial charge in [-0.15, -0.1) is 0 Å². The summed E-state index contributed by atoms with van der Waals surface area (Å²) in [5.41, 5.74) is 3.51. The molecule has 0 N–H and O–H groups in total. The molecule has 0 fully saturated rings. The summed E-state index contributed by atoms with van der Waals surface area (Å²) in [6.45, 7) is 0. The van der Waals surface area contributed by atoms with E-state index in [1.54, 1.807) is 7.11 Å². The molecule has 0 amide bonds. The van der Waals surface area contributed by atoms with Gasteiger partial charge in [-0.05, 0) is 47.9 Å². The van der Waals surface area contributed by atoms with Gasteiger partial charge in [0, 0.05) is 11.6 Å². The fourth-order valence-electron chi connectivity index (χ4n) is 2.30. The molecule has 2 aromatic carbocycles. The second-order valence-corrected chi connectivity index (χ2v) is 4.91. The van der Waals surface area contributed by atoms with Crippen LogP contribution in [0.1, 0.15) is 11.1 Å². The van der Waals surface area contributed by atoms with Crippen LogP contribution in [0.4, 0.5) is 0 Å². The molecule has 1 aromatic heterocycles. The molecule has 0 aliphatic heterocycles. The minimum Gasteiger partial charge on any atom is -0.497 e. The standard InChI is InChI=1S/C19H17NO/c1-21-18-10-7-15(8-11-18)4-2-5-16-9-12-19-17(14-16)6-3-13-20-19/h2-4,6-14H,5H2,1H3/b4-2+. The van der Waals surface area contributed by atoms with Crippen LogP contribution in [0.25, 0.3) is 17.0 Å². The Morgan fingerprint density at radius 3 is 2.71 bits per heavy atom. The first-order valence-electron chi connectivity index (χ1n) is 6.99. The highest BCUT2D eigenvalue weighted by Gasteiger charge is 1.95. The number of hydrogen-bond donors (Lipinski definition) is 0. The Morgan fingerprint density at radius 1 is 1.05 bits per heavy atom. The first-order valence-corrected chi connectivity index (χ1v) is 6.99. The van der Waals surface area contributed by atoms with Crippen LogP contribution in [0.2, 0.25) is 0 Å². The zero-order valence-electron chi connectivity index (χ0n) is 12.0. The van der Waals surface area contributed by atoms with Gasteiger partial charge in [-0.2, -0.15) is 0 Å². The molecular formula is C19H17NO. The Kier molecular flexibility index (Phi) is 3.97. The fourth-order valence-corrected chi connectivity index (χ4v) is 2.30. The smallest absolute Gasteiger partial charge is 0.118 e. The molecule has 2 nitrogen and oxygen atoms in total. The first-order chi connectivity index (χ1) is 10.3. The van der Waals surface area contributed by atoms with E-state index >= 15 is 0 Å². The monoisotopic (exact) mass is 275 g/mol. The Morgan fingerprint density at radius 2 is 1.90 bits per heavy atom. The number of rotatable bonds is 4. The summed E-state index contributed by atoms with van der Waals surface area (Å²) in [5.74, 6) is 0.883. The third-order valence-corrected chi connectivity index (χ3v) is 3.45. The second kappa shape index (κ2) is 6.23. The molecule has 0 saturated carbocycles. The van der Waals surface area contributed by atoms with Gasteiger partial charge in [-0.3, -0.25) is 4.98 Å². The molecule has 3 aromatic rings. The van der Waals surface area contributed by atoms with Crippen LogP contribution in [0.15, 0.2) is 66.9 Å². The van der Waals surface area contributed by atoms with E-state index in [0.29, 0.717) is 0 Å². The summed E-state index contributed by atoms with van der Waals surface area (Å²) in [7, 11) is 1.68. The lowest BCUT2D eigenvalue weighted by atomic mass is 10.1. The summed E-state index contributed by atoms with van der Waals surface area (Å²) >= 11 is 0. The number of hydrogen-bond acceptors (Lipinski definition) is 2. The van der Waals surface area contributed by atoms with Gasteiger partial charge < -0.3 is 4.74 Å². The Balaban J connectivity index is 1.71. The SMILES string of the molecule is COc1ccc(/C=C/Cc2ccc3ncccc3c2)cc1. The van der Waals surface area contributed by atoms with Crippen LogP contribution in [-0.4, -0.2) is 12.1 Å². The lowest BCUT2D eigenvalue weighted by Crippen LogP contribution is -1.84. The molecule has 0 spiro atoms. The average Bonchev–Trinajstić information content (AvgIpc) is 2.55. The molecule has 0 atom stereocenters. The van der Waals surface area contributed by atoms with Gasteiger partial charge in [0.1, 0.15) is 5.75 Å².